The number of nitrogens with one attached hydrogen (secondary N) is 1. The first kappa shape index (κ1) is 13.7. The third-order valence-electron chi connectivity index (χ3n) is 4.09. The SMILES string of the molecule is CCSC1CCCC1NC(=O)C1CCC1C(=O)O. The number of thioether (sulfide) groups is 1. The molecule has 0 aromatic rings. The first-order valence-corrected chi connectivity index (χ1v) is 7.83. The van der Waals surface area contributed by atoms with Gasteiger partial charge in [-0.1, -0.05) is 13.3 Å². The molecule has 0 aliphatic heterocycles. The molecule has 4 unspecified atom stereocenters. The van der Waals surface area contributed by atoms with Crippen molar-refractivity contribution < 1.29 is 14.7 Å². The minimum Gasteiger partial charge on any atom is -0.481 e. The smallest absolute Gasteiger partial charge is 0.307 e. The standard InChI is InChI=1S/C13H21NO3S/c1-2-18-11-5-3-4-10(11)14-12(15)8-6-7-9(8)13(16)17/h8-11H,2-7H2,1H3,(H,14,15)(H,16,17). The molecule has 0 bridgehead atoms. The Morgan fingerprint density at radius 1 is 1.22 bits per heavy atom. The molecule has 1 amide bonds. The van der Waals surface area contributed by atoms with Crippen molar-refractivity contribution >= 4 is 23.6 Å². The summed E-state index contributed by atoms with van der Waals surface area (Å²) >= 11 is 1.90. The molecule has 4 atom stereocenters. The van der Waals surface area contributed by atoms with Gasteiger partial charge >= 0.3 is 5.97 Å². The lowest BCUT2D eigenvalue weighted by atomic mass is 9.73. The lowest BCUT2D eigenvalue weighted by Crippen LogP contribution is -2.48. The summed E-state index contributed by atoms with van der Waals surface area (Å²) in [4.78, 5) is 23.0. The number of rotatable bonds is 5. The molecular formula is C13H21NO3S. The maximum atomic E-state index is 12.1. The number of amides is 1. The summed E-state index contributed by atoms with van der Waals surface area (Å²) in [6.45, 7) is 2.13. The lowest BCUT2D eigenvalue weighted by Gasteiger charge is -2.33. The molecule has 2 fully saturated rings. The summed E-state index contributed by atoms with van der Waals surface area (Å²) < 4.78 is 0. The molecule has 2 aliphatic rings. The topological polar surface area (TPSA) is 66.4 Å². The number of hydrogen-bond donors (Lipinski definition) is 2. The van der Waals surface area contributed by atoms with Crippen LogP contribution in [0.1, 0.15) is 39.0 Å². The van der Waals surface area contributed by atoms with Crippen LogP contribution in [-0.2, 0) is 9.59 Å². The first-order chi connectivity index (χ1) is 8.63. The van der Waals surface area contributed by atoms with Gasteiger partial charge in [-0.05, 0) is 31.4 Å². The third kappa shape index (κ3) is 2.82. The van der Waals surface area contributed by atoms with Crippen molar-refractivity contribution in [1.29, 1.82) is 0 Å². The fraction of sp³-hybridized carbons (Fsp3) is 0.846. The second-order valence-electron chi connectivity index (χ2n) is 5.17. The van der Waals surface area contributed by atoms with Crippen molar-refractivity contribution in [3.05, 3.63) is 0 Å². The van der Waals surface area contributed by atoms with E-state index in [-0.39, 0.29) is 17.9 Å². The average molecular weight is 271 g/mol. The van der Waals surface area contributed by atoms with Gasteiger partial charge in [0.05, 0.1) is 11.8 Å². The van der Waals surface area contributed by atoms with Gasteiger partial charge in [-0.2, -0.15) is 11.8 Å². The Kier molecular flexibility index (Phi) is 4.54. The van der Waals surface area contributed by atoms with Crippen molar-refractivity contribution in [3.8, 4) is 0 Å². The van der Waals surface area contributed by atoms with Crippen molar-refractivity contribution in [3.63, 3.8) is 0 Å². The van der Waals surface area contributed by atoms with Gasteiger partial charge in [0.25, 0.3) is 0 Å². The van der Waals surface area contributed by atoms with Crippen LogP contribution < -0.4 is 5.32 Å². The minimum absolute atomic E-state index is 0.0396. The van der Waals surface area contributed by atoms with Gasteiger partial charge in [-0.25, -0.2) is 0 Å². The number of carboxylic acid groups (broad SMARTS) is 1. The van der Waals surface area contributed by atoms with E-state index in [2.05, 4.69) is 12.2 Å². The molecule has 2 saturated carbocycles. The molecular weight excluding hydrogens is 250 g/mol. The van der Waals surface area contributed by atoms with Crippen LogP contribution in [0.3, 0.4) is 0 Å². The summed E-state index contributed by atoms with van der Waals surface area (Å²) in [6, 6.07) is 0.248. The molecule has 4 nitrogen and oxygen atoms in total. The Morgan fingerprint density at radius 3 is 2.50 bits per heavy atom. The van der Waals surface area contributed by atoms with E-state index in [9.17, 15) is 9.59 Å². The van der Waals surface area contributed by atoms with Crippen LogP contribution in [0.5, 0.6) is 0 Å². The van der Waals surface area contributed by atoms with Gasteiger partial charge in [0, 0.05) is 11.3 Å². The van der Waals surface area contributed by atoms with E-state index in [1.165, 1.54) is 0 Å². The molecule has 0 saturated heterocycles. The molecule has 2 N–H and O–H groups in total. The Labute approximate surface area is 112 Å². The largest absolute Gasteiger partial charge is 0.481 e. The fourth-order valence-corrected chi connectivity index (χ4v) is 4.10. The van der Waals surface area contributed by atoms with Crippen LogP contribution in [-0.4, -0.2) is 34.0 Å². The Hall–Kier alpha value is -0.710. The molecule has 5 heteroatoms. The van der Waals surface area contributed by atoms with E-state index in [4.69, 9.17) is 5.11 Å². The summed E-state index contributed by atoms with van der Waals surface area (Å²) in [7, 11) is 0. The van der Waals surface area contributed by atoms with E-state index in [0.717, 1.165) is 31.4 Å². The van der Waals surface area contributed by atoms with Crippen LogP contribution in [0.25, 0.3) is 0 Å². The number of carboxylic acids is 1. The molecule has 0 aromatic heterocycles. The summed E-state index contributed by atoms with van der Waals surface area (Å²) in [5, 5.41) is 12.6. The third-order valence-corrected chi connectivity index (χ3v) is 5.42. The second-order valence-corrected chi connectivity index (χ2v) is 6.68. The van der Waals surface area contributed by atoms with E-state index in [1.807, 2.05) is 11.8 Å². The zero-order valence-corrected chi connectivity index (χ0v) is 11.5. The average Bonchev–Trinajstić information content (AvgIpc) is 2.63. The van der Waals surface area contributed by atoms with Crippen LogP contribution in [0.2, 0.25) is 0 Å². The Morgan fingerprint density at radius 2 is 1.94 bits per heavy atom. The van der Waals surface area contributed by atoms with Crippen LogP contribution >= 0.6 is 11.8 Å². The van der Waals surface area contributed by atoms with Crippen LogP contribution in [0.4, 0.5) is 0 Å². The maximum Gasteiger partial charge on any atom is 0.307 e. The van der Waals surface area contributed by atoms with Gasteiger partial charge in [-0.3, -0.25) is 9.59 Å². The zero-order chi connectivity index (χ0) is 13.1. The van der Waals surface area contributed by atoms with Gasteiger partial charge in [0.1, 0.15) is 0 Å². The van der Waals surface area contributed by atoms with E-state index in [0.29, 0.717) is 11.7 Å². The summed E-state index contributed by atoms with van der Waals surface area (Å²) in [6.07, 6.45) is 4.73. The van der Waals surface area contributed by atoms with Gasteiger partial charge in [0.15, 0.2) is 0 Å². The normalized spacial score (nSPS) is 34.9. The molecule has 2 aliphatic carbocycles. The van der Waals surface area contributed by atoms with E-state index < -0.39 is 11.9 Å². The Balaban J connectivity index is 1.85. The monoisotopic (exact) mass is 271 g/mol. The van der Waals surface area contributed by atoms with Crippen LogP contribution in [0, 0.1) is 11.8 Å². The lowest BCUT2D eigenvalue weighted by molar-refractivity contribution is -0.152. The minimum atomic E-state index is -0.827. The van der Waals surface area contributed by atoms with Crippen molar-refractivity contribution in [2.75, 3.05) is 5.75 Å². The fourth-order valence-electron chi connectivity index (χ4n) is 2.90. The highest BCUT2D eigenvalue weighted by Crippen LogP contribution is 2.36. The number of aliphatic carboxylic acids is 1. The zero-order valence-electron chi connectivity index (χ0n) is 10.7. The highest BCUT2D eigenvalue weighted by atomic mass is 32.2. The molecule has 0 radical (unpaired) electrons. The van der Waals surface area contributed by atoms with Crippen molar-refractivity contribution in [2.24, 2.45) is 11.8 Å². The molecule has 0 heterocycles. The number of carbonyl (C=O) groups is 2. The van der Waals surface area contributed by atoms with Crippen molar-refractivity contribution in [2.45, 2.75) is 50.3 Å². The summed E-state index contributed by atoms with van der Waals surface area (Å²) in [5.41, 5.74) is 0. The maximum absolute atomic E-state index is 12.1. The van der Waals surface area contributed by atoms with Gasteiger partial charge < -0.3 is 10.4 Å². The highest BCUT2D eigenvalue weighted by Gasteiger charge is 2.42. The van der Waals surface area contributed by atoms with Crippen LogP contribution in [0.15, 0.2) is 0 Å². The molecule has 2 rings (SSSR count). The van der Waals surface area contributed by atoms with E-state index >= 15 is 0 Å². The van der Waals surface area contributed by atoms with Crippen molar-refractivity contribution in [1.82, 2.24) is 5.32 Å². The highest BCUT2D eigenvalue weighted by molar-refractivity contribution is 7.99. The second kappa shape index (κ2) is 5.95. The first-order valence-electron chi connectivity index (χ1n) is 6.78. The molecule has 18 heavy (non-hydrogen) atoms. The predicted molar refractivity (Wildman–Crippen MR) is 71.6 cm³/mol. The van der Waals surface area contributed by atoms with E-state index in [1.54, 1.807) is 0 Å². The number of carbonyl (C=O) groups excluding carboxylic acids is 1. The van der Waals surface area contributed by atoms with Gasteiger partial charge in [0.2, 0.25) is 5.91 Å². The van der Waals surface area contributed by atoms with Gasteiger partial charge in [-0.15, -0.1) is 0 Å². The number of hydrogen-bond acceptors (Lipinski definition) is 3. The molecule has 102 valence electrons. The predicted octanol–water partition coefficient (Wildman–Crippen LogP) is 1.89. The molecule has 0 spiro atoms. The quantitative estimate of drug-likeness (QED) is 0.801. The molecule has 0 aromatic carbocycles. The summed E-state index contributed by atoms with van der Waals surface area (Å²) in [5.74, 6) is -0.549. The Bertz CT molecular complexity index is 334.